The predicted molar refractivity (Wildman–Crippen MR) is 88.9 cm³/mol. The molecule has 3 rings (SSSR count). The maximum Gasteiger partial charge on any atom is 0.299 e. The Morgan fingerprint density at radius 3 is 2.80 bits per heavy atom. The largest absolute Gasteiger partial charge is 0.506 e. The number of Topliss-reactive ketones (excluding diaryl/α,β-unsaturated/α-hetero) is 1. The first-order valence-corrected chi connectivity index (χ1v) is 7.67. The molecule has 2 N–H and O–H groups in total. The molecule has 25 heavy (non-hydrogen) atoms. The first kappa shape index (κ1) is 16.9. The number of ketones is 1. The van der Waals surface area contributed by atoms with Crippen LogP contribution in [-0.2, 0) is 6.42 Å². The molecular weight excluding hydrogens is 351 g/mol. The number of nitrogens with zero attached hydrogens (tertiary/aromatic N) is 2. The Morgan fingerprint density at radius 2 is 2.08 bits per heavy atom. The van der Waals surface area contributed by atoms with Crippen LogP contribution in [0.25, 0.3) is 11.0 Å². The van der Waals surface area contributed by atoms with Gasteiger partial charge in [-0.25, -0.2) is 9.37 Å². The van der Waals surface area contributed by atoms with Crippen LogP contribution in [0.4, 0.5) is 4.39 Å². The number of benzene rings is 1. The number of aromatic nitrogens is 2. The summed E-state index contributed by atoms with van der Waals surface area (Å²) in [6, 6.07) is 6.98. The Hall–Kier alpha value is -2.93. The van der Waals surface area contributed by atoms with Gasteiger partial charge in [-0.3, -0.25) is 9.59 Å². The molecular formula is C17H12ClFN2O4. The first-order valence-electron chi connectivity index (χ1n) is 7.29. The lowest BCUT2D eigenvalue weighted by molar-refractivity contribution is 0.0972. The molecule has 128 valence electrons. The van der Waals surface area contributed by atoms with Crippen molar-refractivity contribution in [3.63, 3.8) is 0 Å². The second kappa shape index (κ2) is 6.52. The van der Waals surface area contributed by atoms with Crippen molar-refractivity contribution in [1.29, 1.82) is 0 Å². The minimum absolute atomic E-state index is 0.0673. The van der Waals surface area contributed by atoms with E-state index < -0.39 is 28.5 Å². The van der Waals surface area contributed by atoms with Crippen LogP contribution in [0.5, 0.6) is 5.75 Å². The van der Waals surface area contributed by atoms with Crippen molar-refractivity contribution >= 4 is 28.4 Å². The molecule has 2 heterocycles. The molecule has 0 amide bonds. The molecule has 0 aliphatic carbocycles. The Labute approximate surface area is 145 Å². The summed E-state index contributed by atoms with van der Waals surface area (Å²) < 4.78 is 13.4. The van der Waals surface area contributed by atoms with Gasteiger partial charge in [0.1, 0.15) is 17.1 Å². The summed E-state index contributed by atoms with van der Waals surface area (Å²) in [4.78, 5) is 28.4. The van der Waals surface area contributed by atoms with Gasteiger partial charge in [0.2, 0.25) is 0 Å². The van der Waals surface area contributed by atoms with E-state index in [0.29, 0.717) is 5.56 Å². The molecule has 0 atom stereocenters. The minimum Gasteiger partial charge on any atom is -0.506 e. The smallest absolute Gasteiger partial charge is 0.299 e. The van der Waals surface area contributed by atoms with Gasteiger partial charge >= 0.3 is 0 Å². The third-order valence-electron chi connectivity index (χ3n) is 3.79. The first-order chi connectivity index (χ1) is 11.9. The molecule has 0 radical (unpaired) electrons. The summed E-state index contributed by atoms with van der Waals surface area (Å²) in [5.74, 6) is -1.75. The van der Waals surface area contributed by atoms with Crippen molar-refractivity contribution in [1.82, 2.24) is 9.71 Å². The van der Waals surface area contributed by atoms with Gasteiger partial charge in [-0.05, 0) is 36.2 Å². The van der Waals surface area contributed by atoms with Crippen molar-refractivity contribution in [3.8, 4) is 5.75 Å². The third-order valence-corrected chi connectivity index (χ3v) is 4.08. The van der Waals surface area contributed by atoms with E-state index in [9.17, 15) is 24.3 Å². The summed E-state index contributed by atoms with van der Waals surface area (Å²) in [7, 11) is 0. The molecule has 0 saturated heterocycles. The quantitative estimate of drug-likeness (QED) is 0.550. The Morgan fingerprint density at radius 1 is 1.32 bits per heavy atom. The highest BCUT2D eigenvalue weighted by Gasteiger charge is 2.22. The average Bonchev–Trinajstić information content (AvgIpc) is 2.61. The van der Waals surface area contributed by atoms with Gasteiger partial charge in [-0.15, -0.1) is 4.73 Å². The fraction of sp³-hybridized carbons (Fsp3) is 0.118. The lowest BCUT2D eigenvalue weighted by Gasteiger charge is -2.09. The number of fused-ring (bicyclic) bond motifs is 1. The molecule has 0 unspecified atom stereocenters. The van der Waals surface area contributed by atoms with Crippen molar-refractivity contribution < 1.29 is 19.5 Å². The number of hydrogen-bond acceptors (Lipinski definition) is 5. The normalized spacial score (nSPS) is 11.0. The van der Waals surface area contributed by atoms with Crippen LogP contribution in [0.3, 0.4) is 0 Å². The van der Waals surface area contributed by atoms with Crippen LogP contribution >= 0.6 is 11.6 Å². The number of aryl methyl sites for hydroxylation is 1. The zero-order valence-electron chi connectivity index (χ0n) is 12.7. The number of carbonyl (C=O) groups is 1. The number of carbonyl (C=O) groups excluding carboxylic acids is 1. The molecule has 0 aliphatic rings. The number of halogens is 2. The number of aromatic hydroxyl groups is 1. The SMILES string of the molecule is O=C(CCc1ccc(F)c(Cl)c1)c1c(O)c2cccnc2n(O)c1=O. The monoisotopic (exact) mass is 362 g/mol. The van der Waals surface area contributed by atoms with Gasteiger partial charge in [0.05, 0.1) is 10.4 Å². The Bertz CT molecular complexity index is 1050. The molecule has 6 nitrogen and oxygen atoms in total. The van der Waals surface area contributed by atoms with Crippen molar-refractivity contribution in [3.05, 3.63) is 68.8 Å². The van der Waals surface area contributed by atoms with Gasteiger partial charge in [-0.2, -0.15) is 0 Å². The van der Waals surface area contributed by atoms with E-state index in [1.165, 1.54) is 36.5 Å². The predicted octanol–water partition coefficient (Wildman–Crippen LogP) is 2.95. The lowest BCUT2D eigenvalue weighted by atomic mass is 10.0. The standard InChI is InChI=1S/C17H12ClFN2O4/c18-11-8-9(3-5-12(11)19)4-6-13(22)14-15(23)10-2-1-7-20-16(10)21(25)17(14)24/h1-3,5,7-8,23,25H,4,6H2. The van der Waals surface area contributed by atoms with E-state index in [4.69, 9.17) is 11.6 Å². The van der Waals surface area contributed by atoms with E-state index in [1.54, 1.807) is 0 Å². The molecule has 8 heteroatoms. The third kappa shape index (κ3) is 3.06. The van der Waals surface area contributed by atoms with Gasteiger partial charge in [0.15, 0.2) is 11.4 Å². The fourth-order valence-corrected chi connectivity index (χ4v) is 2.72. The molecule has 2 aromatic heterocycles. The maximum absolute atomic E-state index is 13.2. The zero-order valence-corrected chi connectivity index (χ0v) is 13.5. The minimum atomic E-state index is -1.05. The Balaban J connectivity index is 1.94. The van der Waals surface area contributed by atoms with E-state index in [1.807, 2.05) is 0 Å². The maximum atomic E-state index is 13.2. The van der Waals surface area contributed by atoms with Gasteiger partial charge in [-0.1, -0.05) is 17.7 Å². The van der Waals surface area contributed by atoms with Gasteiger partial charge in [0.25, 0.3) is 5.56 Å². The summed E-state index contributed by atoms with van der Waals surface area (Å²) in [5, 5.41) is 20.1. The van der Waals surface area contributed by atoms with E-state index in [2.05, 4.69) is 4.98 Å². The summed E-state index contributed by atoms with van der Waals surface area (Å²) in [6.07, 6.45) is 1.40. The van der Waals surface area contributed by atoms with E-state index in [-0.39, 0.29) is 33.6 Å². The highest BCUT2D eigenvalue weighted by atomic mass is 35.5. The summed E-state index contributed by atoms with van der Waals surface area (Å²) in [6.45, 7) is 0. The van der Waals surface area contributed by atoms with Crippen molar-refractivity contribution in [2.24, 2.45) is 0 Å². The zero-order chi connectivity index (χ0) is 18.1. The summed E-state index contributed by atoms with van der Waals surface area (Å²) in [5.41, 5.74) is -1.11. The van der Waals surface area contributed by atoms with Crippen LogP contribution in [0.2, 0.25) is 5.02 Å². The van der Waals surface area contributed by atoms with Crippen LogP contribution in [-0.4, -0.2) is 25.8 Å². The fourth-order valence-electron chi connectivity index (χ4n) is 2.52. The molecule has 0 saturated carbocycles. The average molecular weight is 363 g/mol. The van der Waals surface area contributed by atoms with Crippen LogP contribution < -0.4 is 5.56 Å². The lowest BCUT2D eigenvalue weighted by Crippen LogP contribution is -2.26. The van der Waals surface area contributed by atoms with Crippen LogP contribution in [0.15, 0.2) is 41.3 Å². The second-order valence-corrected chi connectivity index (χ2v) is 5.79. The second-order valence-electron chi connectivity index (χ2n) is 5.39. The van der Waals surface area contributed by atoms with Crippen molar-refractivity contribution in [2.45, 2.75) is 12.8 Å². The molecule has 0 bridgehead atoms. The topological polar surface area (TPSA) is 92.4 Å². The molecule has 1 aromatic carbocycles. The Kier molecular flexibility index (Phi) is 4.41. The van der Waals surface area contributed by atoms with E-state index in [0.717, 1.165) is 0 Å². The molecule has 0 fully saturated rings. The van der Waals surface area contributed by atoms with E-state index >= 15 is 0 Å². The number of pyridine rings is 2. The van der Waals surface area contributed by atoms with Gasteiger partial charge < -0.3 is 10.3 Å². The highest BCUT2D eigenvalue weighted by molar-refractivity contribution is 6.30. The van der Waals surface area contributed by atoms with Crippen LogP contribution in [0.1, 0.15) is 22.3 Å². The number of hydrogen-bond donors (Lipinski definition) is 2. The molecule has 3 aromatic rings. The van der Waals surface area contributed by atoms with Crippen molar-refractivity contribution in [2.75, 3.05) is 0 Å². The van der Waals surface area contributed by atoms with Crippen LogP contribution in [0, 0.1) is 5.82 Å². The number of rotatable bonds is 4. The molecule has 0 spiro atoms. The van der Waals surface area contributed by atoms with Gasteiger partial charge in [0, 0.05) is 12.6 Å². The summed E-state index contributed by atoms with van der Waals surface area (Å²) >= 11 is 5.69. The highest BCUT2D eigenvalue weighted by Crippen LogP contribution is 2.26. The molecule has 0 aliphatic heterocycles.